The molecular weight excluding hydrogens is 304 g/mol. The minimum Gasteiger partial charge on any atom is -0.446 e. The molecule has 0 saturated heterocycles. The first-order valence-electron chi connectivity index (χ1n) is 5.06. The second-order valence-corrected chi connectivity index (χ2v) is 4.86. The molecule has 0 fully saturated rings. The summed E-state index contributed by atoms with van der Waals surface area (Å²) in [5.74, 6) is 1.40. The lowest BCUT2D eigenvalue weighted by molar-refractivity contribution is 0.551. The summed E-state index contributed by atoms with van der Waals surface area (Å²) in [5, 5.41) is 0.483. The van der Waals surface area contributed by atoms with Crippen LogP contribution in [0, 0.1) is 6.92 Å². The highest BCUT2D eigenvalue weighted by Crippen LogP contribution is 2.29. The lowest BCUT2D eigenvalue weighted by Gasteiger charge is -2.02. The maximum absolute atomic E-state index is 6.12. The van der Waals surface area contributed by atoms with Gasteiger partial charge in [-0.05, 0) is 47.1 Å². The SMILES string of the molecule is Cc1cccc2c(Cl)nc(-c3ccc(Br)o3)n12. The smallest absolute Gasteiger partial charge is 0.182 e. The van der Waals surface area contributed by atoms with Gasteiger partial charge in [-0.15, -0.1) is 0 Å². The molecule has 3 heterocycles. The number of hydrogen-bond acceptors (Lipinski definition) is 2. The van der Waals surface area contributed by atoms with Crippen molar-refractivity contribution in [2.75, 3.05) is 0 Å². The van der Waals surface area contributed by atoms with E-state index in [2.05, 4.69) is 20.9 Å². The van der Waals surface area contributed by atoms with E-state index in [1.807, 2.05) is 41.7 Å². The zero-order valence-corrected chi connectivity index (χ0v) is 11.3. The van der Waals surface area contributed by atoms with E-state index < -0.39 is 0 Å². The van der Waals surface area contributed by atoms with Crippen LogP contribution >= 0.6 is 27.5 Å². The highest BCUT2D eigenvalue weighted by Gasteiger charge is 2.15. The van der Waals surface area contributed by atoms with Crippen molar-refractivity contribution in [3.8, 4) is 11.6 Å². The Kier molecular flexibility index (Phi) is 2.49. The van der Waals surface area contributed by atoms with E-state index in [1.165, 1.54) is 0 Å². The van der Waals surface area contributed by atoms with Gasteiger partial charge in [0.25, 0.3) is 0 Å². The zero-order chi connectivity index (χ0) is 12.0. The molecule has 86 valence electrons. The number of nitrogens with zero attached hydrogens (tertiary/aromatic N) is 2. The second-order valence-electron chi connectivity index (χ2n) is 3.72. The van der Waals surface area contributed by atoms with E-state index >= 15 is 0 Å². The van der Waals surface area contributed by atoms with Crippen LogP contribution in [0.4, 0.5) is 0 Å². The highest BCUT2D eigenvalue weighted by atomic mass is 79.9. The van der Waals surface area contributed by atoms with Gasteiger partial charge in [0.05, 0.1) is 5.52 Å². The number of imidazole rings is 1. The predicted octanol–water partition coefficient (Wildman–Crippen LogP) is 4.32. The normalized spacial score (nSPS) is 11.2. The average Bonchev–Trinajstić information content (AvgIpc) is 2.85. The van der Waals surface area contributed by atoms with E-state index in [4.69, 9.17) is 16.0 Å². The molecule has 0 spiro atoms. The average molecular weight is 312 g/mol. The summed E-state index contributed by atoms with van der Waals surface area (Å²) in [6.45, 7) is 2.01. The molecule has 0 aliphatic carbocycles. The molecular formula is C12H8BrClN2O. The molecule has 0 aliphatic heterocycles. The van der Waals surface area contributed by atoms with Gasteiger partial charge in [0.2, 0.25) is 0 Å². The number of hydrogen-bond donors (Lipinski definition) is 0. The Balaban J connectivity index is 2.37. The molecule has 17 heavy (non-hydrogen) atoms. The first kappa shape index (κ1) is 10.9. The van der Waals surface area contributed by atoms with E-state index in [9.17, 15) is 0 Å². The van der Waals surface area contributed by atoms with Crippen LogP contribution in [0.15, 0.2) is 39.4 Å². The lowest BCUT2D eigenvalue weighted by Crippen LogP contribution is -1.92. The van der Waals surface area contributed by atoms with Gasteiger partial charge in [0.15, 0.2) is 21.4 Å². The maximum Gasteiger partial charge on any atom is 0.182 e. The predicted molar refractivity (Wildman–Crippen MR) is 70.3 cm³/mol. The first-order chi connectivity index (χ1) is 8.16. The number of rotatable bonds is 1. The van der Waals surface area contributed by atoms with Crippen molar-refractivity contribution in [3.63, 3.8) is 0 Å². The third kappa shape index (κ3) is 1.68. The van der Waals surface area contributed by atoms with E-state index in [-0.39, 0.29) is 0 Å². The largest absolute Gasteiger partial charge is 0.446 e. The Morgan fingerprint density at radius 2 is 2.12 bits per heavy atom. The summed E-state index contributed by atoms with van der Waals surface area (Å²) in [4.78, 5) is 4.35. The molecule has 3 rings (SSSR count). The Morgan fingerprint density at radius 1 is 1.29 bits per heavy atom. The maximum atomic E-state index is 6.12. The monoisotopic (exact) mass is 310 g/mol. The molecule has 0 aromatic carbocycles. The Bertz CT molecular complexity index is 702. The summed E-state index contributed by atoms with van der Waals surface area (Å²) in [5.41, 5.74) is 1.94. The highest BCUT2D eigenvalue weighted by molar-refractivity contribution is 9.10. The van der Waals surface area contributed by atoms with Gasteiger partial charge in [-0.1, -0.05) is 17.7 Å². The molecule has 0 aliphatic rings. The standard InChI is InChI=1S/C12H8BrClN2O/c1-7-3-2-4-8-11(14)15-12(16(7)8)9-5-6-10(13)17-9/h2-6H,1H3. The number of fused-ring (bicyclic) bond motifs is 1. The Hall–Kier alpha value is -1.26. The number of aryl methyl sites for hydroxylation is 1. The van der Waals surface area contributed by atoms with Crippen LogP contribution in [0.3, 0.4) is 0 Å². The first-order valence-corrected chi connectivity index (χ1v) is 6.23. The second kappa shape index (κ2) is 3.89. The molecule has 0 N–H and O–H groups in total. The quantitative estimate of drug-likeness (QED) is 0.670. The topological polar surface area (TPSA) is 30.4 Å². The molecule has 0 saturated carbocycles. The number of furan rings is 1. The van der Waals surface area contributed by atoms with Crippen molar-refractivity contribution in [2.24, 2.45) is 0 Å². The van der Waals surface area contributed by atoms with Crippen molar-refractivity contribution in [1.29, 1.82) is 0 Å². The van der Waals surface area contributed by atoms with Crippen LogP contribution in [-0.4, -0.2) is 9.38 Å². The van der Waals surface area contributed by atoms with E-state index in [0.717, 1.165) is 11.2 Å². The van der Waals surface area contributed by atoms with Gasteiger partial charge in [0.1, 0.15) is 0 Å². The fourth-order valence-electron chi connectivity index (χ4n) is 1.86. The summed E-state index contributed by atoms with van der Waals surface area (Å²) < 4.78 is 8.18. The molecule has 3 nitrogen and oxygen atoms in total. The number of pyridine rings is 1. The fraction of sp³-hybridized carbons (Fsp3) is 0.0833. The number of halogens is 2. The van der Waals surface area contributed by atoms with Gasteiger partial charge in [0, 0.05) is 5.69 Å². The van der Waals surface area contributed by atoms with Crippen molar-refractivity contribution in [3.05, 3.63) is 45.8 Å². The van der Waals surface area contributed by atoms with Gasteiger partial charge in [-0.2, -0.15) is 0 Å². The van der Waals surface area contributed by atoms with Crippen LogP contribution in [0.2, 0.25) is 5.15 Å². The van der Waals surface area contributed by atoms with Crippen LogP contribution < -0.4 is 0 Å². The van der Waals surface area contributed by atoms with Crippen molar-refractivity contribution >= 4 is 33.0 Å². The molecule has 0 amide bonds. The fourth-order valence-corrected chi connectivity index (χ4v) is 2.39. The summed E-state index contributed by atoms with van der Waals surface area (Å²) in [6.07, 6.45) is 0. The molecule has 0 radical (unpaired) electrons. The van der Waals surface area contributed by atoms with Crippen molar-refractivity contribution < 1.29 is 4.42 Å². The molecule has 3 aromatic heterocycles. The Morgan fingerprint density at radius 3 is 2.82 bits per heavy atom. The summed E-state index contributed by atoms with van der Waals surface area (Å²) in [6, 6.07) is 9.60. The third-order valence-electron chi connectivity index (χ3n) is 2.61. The zero-order valence-electron chi connectivity index (χ0n) is 8.95. The Labute approximate surface area is 111 Å². The molecule has 0 unspecified atom stereocenters. The van der Waals surface area contributed by atoms with Crippen LogP contribution in [0.5, 0.6) is 0 Å². The molecule has 0 atom stereocenters. The van der Waals surface area contributed by atoms with E-state index in [0.29, 0.717) is 21.4 Å². The van der Waals surface area contributed by atoms with Gasteiger partial charge in [-0.3, -0.25) is 4.40 Å². The third-order valence-corrected chi connectivity index (χ3v) is 3.31. The minimum absolute atomic E-state index is 0.483. The minimum atomic E-state index is 0.483. The van der Waals surface area contributed by atoms with Crippen LogP contribution in [0.25, 0.3) is 17.1 Å². The number of aromatic nitrogens is 2. The van der Waals surface area contributed by atoms with Gasteiger partial charge < -0.3 is 4.42 Å². The summed E-state index contributed by atoms with van der Waals surface area (Å²) in [7, 11) is 0. The van der Waals surface area contributed by atoms with Crippen molar-refractivity contribution in [1.82, 2.24) is 9.38 Å². The van der Waals surface area contributed by atoms with Crippen molar-refractivity contribution in [2.45, 2.75) is 6.92 Å². The lowest BCUT2D eigenvalue weighted by atomic mass is 10.3. The summed E-state index contributed by atoms with van der Waals surface area (Å²) >= 11 is 9.40. The van der Waals surface area contributed by atoms with Gasteiger partial charge in [-0.25, -0.2) is 4.98 Å². The molecule has 5 heteroatoms. The van der Waals surface area contributed by atoms with Gasteiger partial charge >= 0.3 is 0 Å². The molecule has 0 bridgehead atoms. The van der Waals surface area contributed by atoms with E-state index in [1.54, 1.807) is 0 Å². The molecule has 3 aromatic rings. The van der Waals surface area contributed by atoms with Crippen LogP contribution in [-0.2, 0) is 0 Å². The van der Waals surface area contributed by atoms with Crippen LogP contribution in [0.1, 0.15) is 5.69 Å².